The van der Waals surface area contributed by atoms with Gasteiger partial charge < -0.3 is 40.9 Å². The molecule has 0 aromatic heterocycles. The summed E-state index contributed by atoms with van der Waals surface area (Å²) in [5.41, 5.74) is 0. The van der Waals surface area contributed by atoms with Crippen molar-refractivity contribution in [3.8, 4) is 0 Å². The summed E-state index contributed by atoms with van der Waals surface area (Å²) in [7, 11) is 0. The zero-order chi connectivity index (χ0) is 11.5. The molecule has 0 aromatic carbocycles. The second-order valence-corrected chi connectivity index (χ2v) is 2.84. The minimum atomic E-state index is -3.34. The van der Waals surface area contributed by atoms with E-state index in [1.807, 2.05) is 0 Å². The Labute approximate surface area is 78.9 Å². The fourth-order valence-electron chi connectivity index (χ4n) is 0.777. The van der Waals surface area contributed by atoms with Gasteiger partial charge in [0.15, 0.2) is 12.4 Å². The van der Waals surface area contributed by atoms with Gasteiger partial charge in [-0.2, -0.15) is 0 Å². The van der Waals surface area contributed by atoms with Gasteiger partial charge in [0.1, 0.15) is 12.2 Å². The smallest absolute Gasteiger partial charge is 0.224 e. The highest BCUT2D eigenvalue weighted by Crippen LogP contribution is 2.17. The van der Waals surface area contributed by atoms with Crippen LogP contribution in [0.4, 0.5) is 0 Å². The van der Waals surface area contributed by atoms with Gasteiger partial charge in [0, 0.05) is 0 Å². The van der Waals surface area contributed by atoms with Gasteiger partial charge >= 0.3 is 0 Å². The Morgan fingerprint density at radius 2 is 1.29 bits per heavy atom. The molecule has 0 bridgehead atoms. The van der Waals surface area contributed by atoms with E-state index in [-0.39, 0.29) is 0 Å². The summed E-state index contributed by atoms with van der Waals surface area (Å²) in [6.07, 6.45) is -9.29. The van der Waals surface area contributed by atoms with Crippen LogP contribution in [0.2, 0.25) is 0 Å². The molecule has 8 nitrogen and oxygen atoms in total. The molecule has 0 aliphatic heterocycles. The van der Waals surface area contributed by atoms with Gasteiger partial charge in [-0.3, -0.25) is 0 Å². The van der Waals surface area contributed by atoms with Gasteiger partial charge in [0.25, 0.3) is 0 Å². The van der Waals surface area contributed by atoms with Gasteiger partial charge in [-0.25, -0.2) is 0 Å². The van der Waals surface area contributed by atoms with E-state index in [2.05, 4.69) is 0 Å². The number of hydrogen-bond acceptors (Lipinski definition) is 8. The lowest BCUT2D eigenvalue weighted by atomic mass is 9.99. The molecule has 8 heteroatoms. The predicted molar refractivity (Wildman–Crippen MR) is 40.5 cm³/mol. The Kier molecular flexibility index (Phi) is 4.84. The molecule has 14 heavy (non-hydrogen) atoms. The van der Waals surface area contributed by atoms with Crippen LogP contribution in [0.5, 0.6) is 0 Å². The molecular weight excluding hydrogens is 200 g/mol. The monoisotopic (exact) mass is 214 g/mol. The predicted octanol–water partition coefficient (Wildman–Crippen LogP) is -4.95. The molecule has 0 unspecified atom stereocenters. The standard InChI is InChI=1S/C6H14O8/c7-1-2(8)3(9)6(13,14)4(10)5(11)12/h2-5,7-14H,1H2/t2-,3-,4+/m1/s1. The maximum Gasteiger partial charge on any atom is 0.224 e. The van der Waals surface area contributed by atoms with Gasteiger partial charge in [0.05, 0.1) is 6.61 Å². The van der Waals surface area contributed by atoms with E-state index in [1.165, 1.54) is 0 Å². The van der Waals surface area contributed by atoms with Gasteiger partial charge in [-0.1, -0.05) is 0 Å². The summed E-state index contributed by atoms with van der Waals surface area (Å²) in [5, 5.41) is 69.7. The van der Waals surface area contributed by atoms with E-state index in [0.29, 0.717) is 0 Å². The second kappa shape index (κ2) is 4.96. The zero-order valence-corrected chi connectivity index (χ0v) is 7.09. The second-order valence-electron chi connectivity index (χ2n) is 2.84. The third-order valence-electron chi connectivity index (χ3n) is 1.70. The van der Waals surface area contributed by atoms with Crippen LogP contribution in [-0.4, -0.2) is 77.8 Å². The van der Waals surface area contributed by atoms with Crippen molar-refractivity contribution in [3.05, 3.63) is 0 Å². The summed E-state index contributed by atoms with van der Waals surface area (Å²) >= 11 is 0. The van der Waals surface area contributed by atoms with Crippen LogP contribution in [0.3, 0.4) is 0 Å². The Morgan fingerprint density at radius 3 is 1.57 bits per heavy atom. The topological polar surface area (TPSA) is 162 Å². The normalized spacial score (nSPS) is 19.5. The first-order valence-electron chi connectivity index (χ1n) is 3.71. The van der Waals surface area contributed by atoms with Crippen LogP contribution in [-0.2, 0) is 0 Å². The van der Waals surface area contributed by atoms with Crippen molar-refractivity contribution in [2.24, 2.45) is 0 Å². The molecule has 0 fully saturated rings. The first kappa shape index (κ1) is 13.7. The number of hydrogen-bond donors (Lipinski definition) is 8. The van der Waals surface area contributed by atoms with Crippen molar-refractivity contribution in [2.45, 2.75) is 30.4 Å². The average Bonchev–Trinajstić information content (AvgIpc) is 2.13. The zero-order valence-electron chi connectivity index (χ0n) is 7.09. The van der Waals surface area contributed by atoms with Crippen LogP contribution in [0.1, 0.15) is 0 Å². The highest BCUT2D eigenvalue weighted by atomic mass is 16.6. The molecule has 0 saturated heterocycles. The van der Waals surface area contributed by atoms with Gasteiger partial charge in [-0.05, 0) is 0 Å². The minimum absolute atomic E-state index is 0.988. The minimum Gasteiger partial charge on any atom is -0.394 e. The van der Waals surface area contributed by atoms with E-state index in [1.54, 1.807) is 0 Å². The van der Waals surface area contributed by atoms with Crippen molar-refractivity contribution < 1.29 is 40.9 Å². The van der Waals surface area contributed by atoms with Crippen LogP contribution in [0.15, 0.2) is 0 Å². The van der Waals surface area contributed by atoms with Crippen LogP contribution < -0.4 is 0 Å². The van der Waals surface area contributed by atoms with E-state index in [9.17, 15) is 0 Å². The fraction of sp³-hybridized carbons (Fsp3) is 1.00. The largest absolute Gasteiger partial charge is 0.394 e. The van der Waals surface area contributed by atoms with E-state index < -0.39 is 37.0 Å². The summed E-state index contributed by atoms with van der Waals surface area (Å²) in [6.45, 7) is -0.988. The molecule has 0 amide bonds. The summed E-state index contributed by atoms with van der Waals surface area (Å²) < 4.78 is 0. The van der Waals surface area contributed by atoms with Crippen LogP contribution in [0, 0.1) is 0 Å². The third kappa shape index (κ3) is 2.83. The van der Waals surface area contributed by atoms with Gasteiger partial charge in [0.2, 0.25) is 5.79 Å². The molecule has 3 atom stereocenters. The molecule has 0 radical (unpaired) electrons. The summed E-state index contributed by atoms with van der Waals surface area (Å²) in [6, 6.07) is 0. The average molecular weight is 214 g/mol. The first-order valence-corrected chi connectivity index (χ1v) is 3.71. The van der Waals surface area contributed by atoms with E-state index in [0.717, 1.165) is 0 Å². The summed E-state index contributed by atoms with van der Waals surface area (Å²) in [5.74, 6) is -3.34. The maximum absolute atomic E-state index is 8.99. The first-order chi connectivity index (χ1) is 6.25. The molecule has 0 rings (SSSR count). The Balaban J connectivity index is 4.59. The molecule has 86 valence electrons. The molecule has 0 aromatic rings. The van der Waals surface area contributed by atoms with Crippen molar-refractivity contribution in [3.63, 3.8) is 0 Å². The highest BCUT2D eigenvalue weighted by Gasteiger charge is 2.47. The molecule has 0 aliphatic carbocycles. The molecule has 0 aliphatic rings. The van der Waals surface area contributed by atoms with Crippen molar-refractivity contribution in [1.82, 2.24) is 0 Å². The third-order valence-corrected chi connectivity index (χ3v) is 1.70. The fourth-order valence-corrected chi connectivity index (χ4v) is 0.777. The molecule has 8 N–H and O–H groups in total. The lowest BCUT2D eigenvalue weighted by Crippen LogP contribution is -2.60. The maximum atomic E-state index is 8.99. The number of aliphatic hydroxyl groups excluding tert-OH is 5. The lowest BCUT2D eigenvalue weighted by molar-refractivity contribution is -0.325. The van der Waals surface area contributed by atoms with Crippen LogP contribution in [0.25, 0.3) is 0 Å². The van der Waals surface area contributed by atoms with Crippen LogP contribution >= 0.6 is 0 Å². The molecular formula is C6H14O8. The van der Waals surface area contributed by atoms with E-state index >= 15 is 0 Å². The molecule has 0 spiro atoms. The number of aliphatic hydroxyl groups is 8. The van der Waals surface area contributed by atoms with Crippen molar-refractivity contribution in [2.75, 3.05) is 6.61 Å². The Hall–Kier alpha value is -0.320. The summed E-state index contributed by atoms with van der Waals surface area (Å²) in [4.78, 5) is 0. The Morgan fingerprint density at radius 1 is 0.857 bits per heavy atom. The van der Waals surface area contributed by atoms with Gasteiger partial charge in [-0.15, -0.1) is 0 Å². The molecule has 0 heterocycles. The molecule has 0 saturated carbocycles. The number of rotatable bonds is 5. The van der Waals surface area contributed by atoms with Crippen molar-refractivity contribution in [1.29, 1.82) is 0 Å². The Bertz CT molecular complexity index is 169. The van der Waals surface area contributed by atoms with Crippen molar-refractivity contribution >= 4 is 0 Å². The SMILES string of the molecule is OC[C@@H](O)[C@@H](O)C(O)(O)[C@@H](O)C(O)O. The van der Waals surface area contributed by atoms with E-state index in [4.69, 9.17) is 40.9 Å². The quantitative estimate of drug-likeness (QED) is 0.211. The highest BCUT2D eigenvalue weighted by molar-refractivity contribution is 4.88. The lowest BCUT2D eigenvalue weighted by Gasteiger charge is -2.34.